The maximum Gasteiger partial charge on any atom is 0.146 e. The van der Waals surface area contributed by atoms with E-state index in [1.165, 1.54) is 6.42 Å². The summed E-state index contributed by atoms with van der Waals surface area (Å²) in [5, 5.41) is 3.31. The van der Waals surface area contributed by atoms with Crippen molar-refractivity contribution in [3.8, 4) is 0 Å². The molecule has 0 aromatic heterocycles. The number of nitrogens with zero attached hydrogens (tertiary/aromatic N) is 1. The molecule has 1 heterocycles. The minimum absolute atomic E-state index is 0.0806. The molecule has 1 aliphatic rings. The highest BCUT2D eigenvalue weighted by atomic mass is 19.1. The normalized spacial score (nSPS) is 19.4. The predicted octanol–water partition coefficient (Wildman–Crippen LogP) is 3.56. The van der Waals surface area contributed by atoms with Crippen molar-refractivity contribution in [2.75, 3.05) is 18.0 Å². The van der Waals surface area contributed by atoms with Crippen LogP contribution in [-0.2, 0) is 6.54 Å². The van der Waals surface area contributed by atoms with Crippen LogP contribution in [0.5, 0.6) is 0 Å². The van der Waals surface area contributed by atoms with Crippen molar-refractivity contribution in [2.24, 2.45) is 5.92 Å². The van der Waals surface area contributed by atoms with E-state index >= 15 is 0 Å². The second kappa shape index (κ2) is 6.38. The van der Waals surface area contributed by atoms with Gasteiger partial charge in [0.2, 0.25) is 0 Å². The lowest BCUT2D eigenvalue weighted by Gasteiger charge is -2.31. The van der Waals surface area contributed by atoms with Gasteiger partial charge in [-0.2, -0.15) is 0 Å². The summed E-state index contributed by atoms with van der Waals surface area (Å²) in [4.78, 5) is 2.28. The van der Waals surface area contributed by atoms with E-state index in [1.807, 2.05) is 12.1 Å². The summed E-state index contributed by atoms with van der Waals surface area (Å²) in [6.45, 7) is 9.16. The molecule has 2 rings (SSSR count). The Hall–Kier alpha value is -1.09. The molecule has 3 heteroatoms. The lowest BCUT2D eigenvalue weighted by molar-refractivity contribution is 0.484. The van der Waals surface area contributed by atoms with Gasteiger partial charge >= 0.3 is 0 Å². The van der Waals surface area contributed by atoms with E-state index < -0.39 is 0 Å². The number of benzene rings is 1. The molecule has 0 bridgehead atoms. The first kappa shape index (κ1) is 14.3. The van der Waals surface area contributed by atoms with Crippen LogP contribution in [0.15, 0.2) is 18.2 Å². The van der Waals surface area contributed by atoms with Crippen LogP contribution >= 0.6 is 0 Å². The van der Waals surface area contributed by atoms with Gasteiger partial charge in [-0.25, -0.2) is 4.39 Å². The van der Waals surface area contributed by atoms with Crippen LogP contribution in [0, 0.1) is 11.7 Å². The highest BCUT2D eigenvalue weighted by Crippen LogP contribution is 2.34. The van der Waals surface area contributed by atoms with Gasteiger partial charge in [0, 0.05) is 19.1 Å². The van der Waals surface area contributed by atoms with Crippen molar-refractivity contribution >= 4 is 5.69 Å². The molecule has 19 heavy (non-hydrogen) atoms. The molecule has 0 radical (unpaired) electrons. The molecular formula is C16H25FN2. The van der Waals surface area contributed by atoms with E-state index in [9.17, 15) is 4.39 Å². The first-order valence-electron chi connectivity index (χ1n) is 7.40. The van der Waals surface area contributed by atoms with Gasteiger partial charge in [-0.05, 0) is 36.9 Å². The summed E-state index contributed by atoms with van der Waals surface area (Å²) in [6, 6.07) is 5.90. The molecule has 1 atom stereocenters. The Morgan fingerprint density at radius 2 is 2.21 bits per heavy atom. The molecule has 106 valence electrons. The summed E-state index contributed by atoms with van der Waals surface area (Å²) < 4.78 is 14.3. The molecule has 1 aromatic rings. The maximum absolute atomic E-state index is 14.3. The van der Waals surface area contributed by atoms with Crippen molar-refractivity contribution < 1.29 is 4.39 Å². The van der Waals surface area contributed by atoms with Gasteiger partial charge in [-0.15, -0.1) is 0 Å². The minimum atomic E-state index is -0.0806. The van der Waals surface area contributed by atoms with Gasteiger partial charge in [-0.1, -0.05) is 32.9 Å². The lowest BCUT2D eigenvalue weighted by Crippen LogP contribution is -2.35. The summed E-state index contributed by atoms with van der Waals surface area (Å²) in [7, 11) is 0. The molecule has 1 fully saturated rings. The quantitative estimate of drug-likeness (QED) is 0.874. The third kappa shape index (κ3) is 3.08. The molecule has 1 unspecified atom stereocenters. The van der Waals surface area contributed by atoms with E-state index in [0.29, 0.717) is 12.0 Å². The van der Waals surface area contributed by atoms with E-state index in [4.69, 9.17) is 0 Å². The zero-order chi connectivity index (χ0) is 13.8. The summed E-state index contributed by atoms with van der Waals surface area (Å²) in [5.74, 6) is 0.483. The molecule has 0 saturated carbocycles. The fourth-order valence-electron chi connectivity index (χ4n) is 3.05. The number of hydrogen-bond donors (Lipinski definition) is 1. The minimum Gasteiger partial charge on any atom is -0.366 e. The topological polar surface area (TPSA) is 15.3 Å². The summed E-state index contributed by atoms with van der Waals surface area (Å²) in [5.41, 5.74) is 1.90. The Bertz CT molecular complexity index is 417. The molecule has 0 aliphatic carbocycles. The zero-order valence-electron chi connectivity index (χ0n) is 12.2. The van der Waals surface area contributed by atoms with Gasteiger partial charge < -0.3 is 10.2 Å². The Kier molecular flexibility index (Phi) is 4.81. The van der Waals surface area contributed by atoms with Crippen molar-refractivity contribution in [3.63, 3.8) is 0 Å². The van der Waals surface area contributed by atoms with E-state index in [0.717, 1.165) is 37.3 Å². The van der Waals surface area contributed by atoms with Crippen LogP contribution in [0.3, 0.4) is 0 Å². The first-order chi connectivity index (χ1) is 9.15. The Labute approximate surface area is 116 Å². The smallest absolute Gasteiger partial charge is 0.146 e. The van der Waals surface area contributed by atoms with E-state index in [1.54, 1.807) is 6.07 Å². The van der Waals surface area contributed by atoms with Gasteiger partial charge in [0.05, 0.1) is 5.69 Å². The van der Waals surface area contributed by atoms with Gasteiger partial charge in [-0.3, -0.25) is 0 Å². The predicted molar refractivity (Wildman–Crippen MR) is 79.0 cm³/mol. The Morgan fingerprint density at radius 3 is 2.89 bits per heavy atom. The van der Waals surface area contributed by atoms with Crippen LogP contribution in [0.1, 0.15) is 39.2 Å². The average molecular weight is 264 g/mol. The number of anilines is 1. The summed E-state index contributed by atoms with van der Waals surface area (Å²) >= 11 is 0. The molecule has 1 saturated heterocycles. The third-order valence-corrected chi connectivity index (χ3v) is 3.99. The van der Waals surface area contributed by atoms with Crippen LogP contribution < -0.4 is 10.2 Å². The molecule has 1 aromatic carbocycles. The summed E-state index contributed by atoms with van der Waals surface area (Å²) in [6.07, 6.45) is 2.34. The van der Waals surface area contributed by atoms with Gasteiger partial charge in [0.15, 0.2) is 0 Å². The fourth-order valence-corrected chi connectivity index (χ4v) is 3.05. The van der Waals surface area contributed by atoms with Crippen molar-refractivity contribution in [1.29, 1.82) is 0 Å². The lowest BCUT2D eigenvalue weighted by atomic mass is 10.0. The Morgan fingerprint density at radius 1 is 1.42 bits per heavy atom. The van der Waals surface area contributed by atoms with Crippen LogP contribution in [-0.4, -0.2) is 19.1 Å². The van der Waals surface area contributed by atoms with Crippen LogP contribution in [0.4, 0.5) is 10.1 Å². The van der Waals surface area contributed by atoms with Gasteiger partial charge in [0.1, 0.15) is 5.82 Å². The molecule has 1 N–H and O–H groups in total. The monoisotopic (exact) mass is 264 g/mol. The first-order valence-corrected chi connectivity index (χ1v) is 7.40. The fraction of sp³-hybridized carbons (Fsp3) is 0.625. The van der Waals surface area contributed by atoms with E-state index in [-0.39, 0.29) is 5.82 Å². The van der Waals surface area contributed by atoms with E-state index in [2.05, 4.69) is 31.0 Å². The number of nitrogens with one attached hydrogen (secondary N) is 1. The average Bonchev–Trinajstić information content (AvgIpc) is 2.85. The van der Waals surface area contributed by atoms with Crippen molar-refractivity contribution in [1.82, 2.24) is 5.32 Å². The highest BCUT2D eigenvalue weighted by Gasteiger charge is 2.30. The largest absolute Gasteiger partial charge is 0.366 e. The van der Waals surface area contributed by atoms with Crippen LogP contribution in [0.25, 0.3) is 0 Å². The zero-order valence-corrected chi connectivity index (χ0v) is 12.2. The number of halogens is 1. The second-order valence-electron chi connectivity index (χ2n) is 5.67. The second-order valence-corrected chi connectivity index (χ2v) is 5.67. The molecule has 1 aliphatic heterocycles. The number of hydrogen-bond acceptors (Lipinski definition) is 2. The van der Waals surface area contributed by atoms with Crippen molar-refractivity contribution in [3.05, 3.63) is 29.6 Å². The molecule has 2 nitrogen and oxygen atoms in total. The number of para-hydroxylation sites is 1. The number of rotatable bonds is 5. The van der Waals surface area contributed by atoms with Crippen molar-refractivity contribution in [2.45, 2.75) is 46.2 Å². The SMILES string of the molecule is CCNCc1cccc(F)c1N1CCCC1C(C)C. The standard InChI is InChI=1S/C16H25FN2/c1-4-18-11-13-7-5-8-14(17)16(13)19-10-6-9-15(19)12(2)3/h5,7-8,12,15,18H,4,6,9-11H2,1-3H3. The van der Waals surface area contributed by atoms with Gasteiger partial charge in [0.25, 0.3) is 0 Å². The molecular weight excluding hydrogens is 239 g/mol. The maximum atomic E-state index is 14.3. The van der Waals surface area contributed by atoms with Crippen LogP contribution in [0.2, 0.25) is 0 Å². The molecule has 0 amide bonds. The Balaban J connectivity index is 2.31. The molecule has 0 spiro atoms. The highest BCUT2D eigenvalue weighted by molar-refractivity contribution is 5.56. The third-order valence-electron chi connectivity index (χ3n) is 3.99.